The molecule has 6 nitrogen and oxygen atoms in total. The first-order valence-corrected chi connectivity index (χ1v) is 32.7. The maximum atomic E-state index is 12.9. The van der Waals surface area contributed by atoms with E-state index in [1.165, 1.54) is 161 Å². The van der Waals surface area contributed by atoms with E-state index in [1.807, 2.05) is 0 Å². The van der Waals surface area contributed by atoms with Crippen LogP contribution >= 0.6 is 0 Å². The average molecular weight is 1070 g/mol. The standard InChI is InChI=1S/C71H122O6/c1-4-7-10-13-16-19-22-24-26-28-29-30-31-32-33-34-35-36-37-38-39-40-41-43-44-46-49-52-55-58-61-64-70(73)76-67-68(66-75-69(72)63-60-57-54-51-48-21-18-15-12-9-6-3)77-71(74)65-62-59-56-53-50-47-45-42-27-25-23-20-17-14-11-8-5-2/h7-8,10-11,16-17,19-20,24-27,29-30,32-33,68H,4-6,9,12-15,18,21-23,28,31,34-67H2,1-3H3/b10-7-,11-8-,19-16-,20-17-,26-24-,27-25-,30-29-,33-32-. The van der Waals surface area contributed by atoms with Crippen molar-refractivity contribution in [1.29, 1.82) is 0 Å². The first-order chi connectivity index (χ1) is 38.0. The second kappa shape index (κ2) is 64.9. The molecule has 0 N–H and O–H groups in total. The van der Waals surface area contributed by atoms with Gasteiger partial charge >= 0.3 is 17.9 Å². The number of esters is 3. The molecule has 0 aromatic carbocycles. The summed E-state index contributed by atoms with van der Waals surface area (Å²) in [4.78, 5) is 38.3. The summed E-state index contributed by atoms with van der Waals surface area (Å²) in [7, 11) is 0. The molecule has 0 spiro atoms. The number of carbonyl (C=O) groups is 3. The number of ether oxygens (including phenoxy) is 3. The third-order valence-electron chi connectivity index (χ3n) is 14.1. The molecule has 0 bridgehead atoms. The van der Waals surface area contributed by atoms with Crippen LogP contribution in [-0.4, -0.2) is 37.2 Å². The molecule has 0 saturated heterocycles. The maximum absolute atomic E-state index is 12.9. The smallest absolute Gasteiger partial charge is 0.306 e. The first-order valence-electron chi connectivity index (χ1n) is 32.7. The molecular formula is C71H122O6. The molecule has 0 saturated carbocycles. The fourth-order valence-corrected chi connectivity index (χ4v) is 9.25. The van der Waals surface area contributed by atoms with E-state index in [0.717, 1.165) is 116 Å². The number of carbonyl (C=O) groups excluding carboxylic acids is 3. The van der Waals surface area contributed by atoms with Crippen LogP contribution in [0.5, 0.6) is 0 Å². The Balaban J connectivity index is 4.18. The van der Waals surface area contributed by atoms with Gasteiger partial charge in [-0.25, -0.2) is 0 Å². The van der Waals surface area contributed by atoms with Gasteiger partial charge in [-0.15, -0.1) is 0 Å². The van der Waals surface area contributed by atoms with Crippen molar-refractivity contribution in [3.05, 3.63) is 97.2 Å². The minimum absolute atomic E-state index is 0.0775. The van der Waals surface area contributed by atoms with Crippen LogP contribution in [0.1, 0.15) is 316 Å². The number of rotatable bonds is 59. The second-order valence-electron chi connectivity index (χ2n) is 21.6. The lowest BCUT2D eigenvalue weighted by Crippen LogP contribution is -2.30. The van der Waals surface area contributed by atoms with Crippen LogP contribution in [0.3, 0.4) is 0 Å². The van der Waals surface area contributed by atoms with Crippen molar-refractivity contribution in [3.8, 4) is 0 Å². The Morgan fingerprint density at radius 2 is 0.506 bits per heavy atom. The van der Waals surface area contributed by atoms with Crippen molar-refractivity contribution in [2.75, 3.05) is 13.2 Å². The zero-order chi connectivity index (χ0) is 55.7. The molecule has 77 heavy (non-hydrogen) atoms. The van der Waals surface area contributed by atoms with Crippen molar-refractivity contribution in [3.63, 3.8) is 0 Å². The minimum atomic E-state index is -0.781. The Labute approximate surface area is 477 Å². The highest BCUT2D eigenvalue weighted by Gasteiger charge is 2.19. The lowest BCUT2D eigenvalue weighted by molar-refractivity contribution is -0.167. The molecule has 0 heterocycles. The molecule has 0 aromatic heterocycles. The Bertz CT molecular complexity index is 1510. The summed E-state index contributed by atoms with van der Waals surface area (Å²) in [6.45, 7) is 6.43. The largest absolute Gasteiger partial charge is 0.462 e. The van der Waals surface area contributed by atoms with Crippen LogP contribution in [0.4, 0.5) is 0 Å². The third kappa shape index (κ3) is 63.0. The van der Waals surface area contributed by atoms with Crippen LogP contribution in [0.15, 0.2) is 97.2 Å². The fourth-order valence-electron chi connectivity index (χ4n) is 9.25. The lowest BCUT2D eigenvalue weighted by atomic mass is 10.0. The first kappa shape index (κ1) is 73.3. The van der Waals surface area contributed by atoms with E-state index in [1.54, 1.807) is 0 Å². The van der Waals surface area contributed by atoms with E-state index < -0.39 is 6.10 Å². The quantitative estimate of drug-likeness (QED) is 0.0261. The zero-order valence-electron chi connectivity index (χ0n) is 50.7. The van der Waals surface area contributed by atoms with Crippen molar-refractivity contribution in [2.24, 2.45) is 0 Å². The van der Waals surface area contributed by atoms with Gasteiger partial charge in [0.15, 0.2) is 6.10 Å². The summed E-state index contributed by atoms with van der Waals surface area (Å²) >= 11 is 0. The van der Waals surface area contributed by atoms with Gasteiger partial charge < -0.3 is 14.2 Å². The van der Waals surface area contributed by atoms with E-state index in [-0.39, 0.29) is 31.1 Å². The SMILES string of the molecule is CC/C=C\C/C=C\C/C=C\C/C=C\C/C=C\CCCCCCCCCCCCCCCCCC(=O)OCC(COC(=O)CCCCCCCCCCCCC)OC(=O)CCCCCCCCC/C=C\C/C=C\C/C=C\CC. The molecule has 1 unspecified atom stereocenters. The van der Waals surface area contributed by atoms with Gasteiger partial charge in [-0.3, -0.25) is 14.4 Å². The van der Waals surface area contributed by atoms with Crippen LogP contribution in [-0.2, 0) is 28.6 Å². The van der Waals surface area contributed by atoms with Gasteiger partial charge in [0.05, 0.1) is 0 Å². The van der Waals surface area contributed by atoms with Crippen LogP contribution in [0, 0.1) is 0 Å². The summed E-state index contributed by atoms with van der Waals surface area (Å²) in [5, 5.41) is 0. The molecule has 0 aromatic rings. The molecule has 0 radical (unpaired) electrons. The molecule has 1 atom stereocenters. The second-order valence-corrected chi connectivity index (χ2v) is 21.6. The zero-order valence-corrected chi connectivity index (χ0v) is 50.7. The van der Waals surface area contributed by atoms with E-state index >= 15 is 0 Å². The van der Waals surface area contributed by atoms with Gasteiger partial charge in [-0.2, -0.15) is 0 Å². The molecule has 0 aliphatic heterocycles. The Morgan fingerprint density at radius 1 is 0.273 bits per heavy atom. The van der Waals surface area contributed by atoms with Crippen molar-refractivity contribution >= 4 is 17.9 Å². The van der Waals surface area contributed by atoms with Crippen LogP contribution < -0.4 is 0 Å². The van der Waals surface area contributed by atoms with Crippen molar-refractivity contribution in [2.45, 2.75) is 322 Å². The topological polar surface area (TPSA) is 78.9 Å². The van der Waals surface area contributed by atoms with Crippen LogP contribution in [0.25, 0.3) is 0 Å². The number of hydrogen-bond donors (Lipinski definition) is 0. The highest BCUT2D eigenvalue weighted by molar-refractivity contribution is 5.71. The number of hydrogen-bond acceptors (Lipinski definition) is 6. The van der Waals surface area contributed by atoms with E-state index in [9.17, 15) is 14.4 Å². The summed E-state index contributed by atoms with van der Waals surface area (Å²) < 4.78 is 16.9. The van der Waals surface area contributed by atoms with E-state index in [2.05, 4.69) is 118 Å². The monoisotopic (exact) mass is 1070 g/mol. The highest BCUT2D eigenvalue weighted by atomic mass is 16.6. The minimum Gasteiger partial charge on any atom is -0.462 e. The Hall–Kier alpha value is -3.67. The number of allylic oxidation sites excluding steroid dienone is 16. The molecule has 0 amide bonds. The summed E-state index contributed by atoms with van der Waals surface area (Å²) in [5.74, 6) is -0.876. The van der Waals surface area contributed by atoms with Gasteiger partial charge in [0.25, 0.3) is 0 Å². The predicted molar refractivity (Wildman–Crippen MR) is 334 cm³/mol. The van der Waals surface area contributed by atoms with E-state index in [0.29, 0.717) is 19.3 Å². The molecule has 6 heteroatoms. The van der Waals surface area contributed by atoms with Gasteiger partial charge in [0.2, 0.25) is 0 Å². The highest BCUT2D eigenvalue weighted by Crippen LogP contribution is 2.17. The van der Waals surface area contributed by atoms with Gasteiger partial charge in [0.1, 0.15) is 13.2 Å². The molecule has 0 rings (SSSR count). The maximum Gasteiger partial charge on any atom is 0.306 e. The van der Waals surface area contributed by atoms with Crippen LogP contribution in [0.2, 0.25) is 0 Å². The molecule has 0 aliphatic carbocycles. The molecule has 0 aliphatic rings. The Morgan fingerprint density at radius 3 is 0.792 bits per heavy atom. The molecule has 442 valence electrons. The van der Waals surface area contributed by atoms with Crippen molar-refractivity contribution in [1.82, 2.24) is 0 Å². The predicted octanol–water partition coefficient (Wildman–Crippen LogP) is 22.4. The summed E-state index contributed by atoms with van der Waals surface area (Å²) in [6.07, 6.45) is 87.1. The number of unbranched alkanes of at least 4 members (excludes halogenated alkanes) is 32. The van der Waals surface area contributed by atoms with E-state index in [4.69, 9.17) is 14.2 Å². The lowest BCUT2D eigenvalue weighted by Gasteiger charge is -2.18. The average Bonchev–Trinajstić information content (AvgIpc) is 3.43. The normalized spacial score (nSPS) is 12.7. The third-order valence-corrected chi connectivity index (χ3v) is 14.1. The Kier molecular flexibility index (Phi) is 61.8. The van der Waals surface area contributed by atoms with Gasteiger partial charge in [-0.05, 0) is 96.3 Å². The fraction of sp³-hybridized carbons (Fsp3) is 0.732. The molecular weight excluding hydrogens is 949 g/mol. The van der Waals surface area contributed by atoms with Crippen molar-refractivity contribution < 1.29 is 28.6 Å². The van der Waals surface area contributed by atoms with Gasteiger partial charge in [0, 0.05) is 19.3 Å². The summed E-state index contributed by atoms with van der Waals surface area (Å²) in [6, 6.07) is 0. The molecule has 0 fully saturated rings. The summed E-state index contributed by atoms with van der Waals surface area (Å²) in [5.41, 5.74) is 0. The van der Waals surface area contributed by atoms with Gasteiger partial charge in [-0.1, -0.05) is 298 Å².